The zero-order chi connectivity index (χ0) is 14.9. The molecule has 1 heterocycles. The molecule has 0 saturated carbocycles. The zero-order valence-electron chi connectivity index (χ0n) is 12.6. The van der Waals surface area contributed by atoms with Crippen molar-refractivity contribution in [3.63, 3.8) is 0 Å². The second-order valence-corrected chi connectivity index (χ2v) is 6.23. The number of aliphatic hydroxyl groups is 1. The number of rotatable bonds is 10. The Bertz CT molecular complexity index is 428. The van der Waals surface area contributed by atoms with Crippen LogP contribution in [0.2, 0.25) is 0 Å². The van der Waals surface area contributed by atoms with Gasteiger partial charge in [0, 0.05) is 6.54 Å². The number of hydrogen-bond acceptors (Lipinski definition) is 5. The van der Waals surface area contributed by atoms with Gasteiger partial charge in [0.15, 0.2) is 11.5 Å². The van der Waals surface area contributed by atoms with Crippen molar-refractivity contribution in [3.8, 4) is 11.5 Å². The van der Waals surface area contributed by atoms with Gasteiger partial charge in [0.25, 0.3) is 0 Å². The maximum absolute atomic E-state index is 10.2. The lowest BCUT2D eigenvalue weighted by atomic mass is 10.1. The average Bonchev–Trinajstić information content (AvgIpc) is 2.97. The van der Waals surface area contributed by atoms with Gasteiger partial charge in [-0.1, -0.05) is 18.9 Å². The minimum atomic E-state index is -0.504. The van der Waals surface area contributed by atoms with Gasteiger partial charge in [-0.25, -0.2) is 0 Å². The van der Waals surface area contributed by atoms with Crippen LogP contribution in [0, 0.1) is 0 Å². The maximum atomic E-state index is 10.2. The summed E-state index contributed by atoms with van der Waals surface area (Å²) in [6.07, 6.45) is 6.68. The highest BCUT2D eigenvalue weighted by molar-refractivity contribution is 7.98. The molecule has 0 aromatic heterocycles. The molecule has 1 aliphatic heterocycles. The molecule has 1 aromatic rings. The minimum Gasteiger partial charge on any atom is -0.454 e. The number of unbranched alkanes of at least 4 members (excludes halogenated alkanes) is 3. The lowest BCUT2D eigenvalue weighted by Gasteiger charge is -2.12. The van der Waals surface area contributed by atoms with Crippen LogP contribution in [0.1, 0.15) is 37.4 Å². The molecule has 1 aliphatic rings. The molecule has 1 atom stereocenters. The SMILES string of the molecule is CSCCCCCCNCC(O)c1ccc2c(c1)OCO2. The van der Waals surface area contributed by atoms with Crippen LogP contribution in [0.5, 0.6) is 11.5 Å². The van der Waals surface area contributed by atoms with Gasteiger partial charge in [0.2, 0.25) is 6.79 Å². The van der Waals surface area contributed by atoms with Gasteiger partial charge in [0.05, 0.1) is 6.10 Å². The number of thioether (sulfide) groups is 1. The van der Waals surface area contributed by atoms with E-state index in [2.05, 4.69) is 11.6 Å². The highest BCUT2D eigenvalue weighted by Crippen LogP contribution is 2.34. The summed E-state index contributed by atoms with van der Waals surface area (Å²) in [4.78, 5) is 0. The Hall–Kier alpha value is -0.910. The molecule has 5 heteroatoms. The van der Waals surface area contributed by atoms with Gasteiger partial charge in [-0.15, -0.1) is 0 Å². The highest BCUT2D eigenvalue weighted by Gasteiger charge is 2.16. The van der Waals surface area contributed by atoms with Gasteiger partial charge in [-0.05, 0) is 49.1 Å². The Morgan fingerprint density at radius 1 is 1.19 bits per heavy atom. The van der Waals surface area contributed by atoms with E-state index in [1.165, 1.54) is 31.4 Å². The lowest BCUT2D eigenvalue weighted by Crippen LogP contribution is -2.22. The molecule has 1 unspecified atom stereocenters. The van der Waals surface area contributed by atoms with Gasteiger partial charge in [0.1, 0.15) is 0 Å². The van der Waals surface area contributed by atoms with Crippen molar-refractivity contribution in [3.05, 3.63) is 23.8 Å². The van der Waals surface area contributed by atoms with Crippen LogP contribution in [-0.2, 0) is 0 Å². The van der Waals surface area contributed by atoms with E-state index < -0.39 is 6.10 Å². The molecule has 4 nitrogen and oxygen atoms in total. The second-order valence-electron chi connectivity index (χ2n) is 5.24. The summed E-state index contributed by atoms with van der Waals surface area (Å²) in [5, 5.41) is 13.5. The van der Waals surface area contributed by atoms with Crippen LogP contribution >= 0.6 is 11.8 Å². The molecular formula is C16H25NO3S. The smallest absolute Gasteiger partial charge is 0.231 e. The van der Waals surface area contributed by atoms with Crippen LogP contribution < -0.4 is 14.8 Å². The first-order chi connectivity index (χ1) is 10.3. The molecule has 0 amide bonds. The summed E-state index contributed by atoms with van der Waals surface area (Å²) in [7, 11) is 0. The third kappa shape index (κ3) is 5.41. The molecule has 0 aliphatic carbocycles. The van der Waals surface area contributed by atoms with Gasteiger partial charge in [-0.2, -0.15) is 11.8 Å². The molecule has 0 radical (unpaired) electrons. The summed E-state index contributed by atoms with van der Waals surface area (Å²) in [6, 6.07) is 5.60. The molecule has 1 aromatic carbocycles. The molecule has 118 valence electrons. The van der Waals surface area contributed by atoms with Gasteiger partial charge >= 0.3 is 0 Å². The van der Waals surface area contributed by atoms with E-state index in [0.29, 0.717) is 6.54 Å². The normalized spacial score (nSPS) is 14.4. The fourth-order valence-electron chi connectivity index (χ4n) is 2.33. The van der Waals surface area contributed by atoms with Crippen molar-refractivity contribution < 1.29 is 14.6 Å². The Balaban J connectivity index is 1.60. The average molecular weight is 311 g/mol. The molecule has 0 bridgehead atoms. The number of benzene rings is 1. The number of nitrogens with one attached hydrogen (secondary N) is 1. The van der Waals surface area contributed by atoms with Crippen molar-refractivity contribution in [2.24, 2.45) is 0 Å². The number of ether oxygens (including phenoxy) is 2. The summed E-state index contributed by atoms with van der Waals surface area (Å²) >= 11 is 1.91. The van der Waals surface area contributed by atoms with Crippen LogP contribution in [0.3, 0.4) is 0 Å². The van der Waals surface area contributed by atoms with Gasteiger partial charge < -0.3 is 19.9 Å². The third-order valence-corrected chi connectivity index (χ3v) is 4.27. The largest absolute Gasteiger partial charge is 0.454 e. The predicted molar refractivity (Wildman–Crippen MR) is 87.2 cm³/mol. The van der Waals surface area contributed by atoms with Crippen LogP contribution in [0.4, 0.5) is 0 Å². The van der Waals surface area contributed by atoms with Crippen LogP contribution in [0.15, 0.2) is 18.2 Å². The first-order valence-corrected chi connectivity index (χ1v) is 8.98. The zero-order valence-corrected chi connectivity index (χ0v) is 13.5. The van der Waals surface area contributed by atoms with E-state index in [4.69, 9.17) is 9.47 Å². The predicted octanol–water partition coefficient (Wildman–Crippen LogP) is 2.96. The highest BCUT2D eigenvalue weighted by atomic mass is 32.2. The number of aliphatic hydroxyl groups excluding tert-OH is 1. The Labute approximate surface area is 131 Å². The van der Waals surface area contributed by atoms with Crippen LogP contribution in [-0.4, -0.2) is 37.0 Å². The fourth-order valence-corrected chi connectivity index (χ4v) is 2.82. The molecule has 2 N–H and O–H groups in total. The minimum absolute atomic E-state index is 0.268. The first-order valence-electron chi connectivity index (χ1n) is 7.58. The molecule has 0 spiro atoms. The summed E-state index contributed by atoms with van der Waals surface area (Å²) < 4.78 is 10.6. The van der Waals surface area contributed by atoms with E-state index >= 15 is 0 Å². The van der Waals surface area contributed by atoms with E-state index in [9.17, 15) is 5.11 Å². The summed E-state index contributed by atoms with van der Waals surface area (Å²) in [5.74, 6) is 2.74. The first kappa shape index (κ1) is 16.5. The van der Waals surface area contributed by atoms with Crippen molar-refractivity contribution in [1.82, 2.24) is 5.32 Å². The summed E-state index contributed by atoms with van der Waals surface area (Å²) in [5.41, 5.74) is 0.867. The van der Waals surface area contributed by atoms with Crippen molar-refractivity contribution in [2.75, 3.05) is 31.9 Å². The Morgan fingerprint density at radius 3 is 2.86 bits per heavy atom. The molecule has 2 rings (SSSR count). The van der Waals surface area contributed by atoms with E-state index in [1.807, 2.05) is 30.0 Å². The lowest BCUT2D eigenvalue weighted by molar-refractivity contribution is 0.170. The molecule has 0 fully saturated rings. The van der Waals surface area contributed by atoms with E-state index in [1.54, 1.807) is 0 Å². The van der Waals surface area contributed by atoms with Crippen molar-refractivity contribution in [2.45, 2.75) is 31.8 Å². The summed E-state index contributed by atoms with van der Waals surface area (Å²) in [6.45, 7) is 1.80. The molecule has 21 heavy (non-hydrogen) atoms. The van der Waals surface area contributed by atoms with E-state index in [-0.39, 0.29) is 6.79 Å². The molecular weight excluding hydrogens is 286 g/mol. The topological polar surface area (TPSA) is 50.7 Å². The van der Waals surface area contributed by atoms with Gasteiger partial charge in [-0.3, -0.25) is 0 Å². The standard InChI is InChI=1S/C16H25NO3S/c1-21-9-5-3-2-4-8-17-11-14(18)13-6-7-15-16(10-13)20-12-19-15/h6-7,10,14,17-18H,2-5,8-9,11-12H2,1H3. The monoisotopic (exact) mass is 311 g/mol. The quantitative estimate of drug-likeness (QED) is 0.651. The van der Waals surface area contributed by atoms with Crippen molar-refractivity contribution in [1.29, 1.82) is 0 Å². The third-order valence-electron chi connectivity index (χ3n) is 3.57. The number of fused-ring (bicyclic) bond motifs is 1. The van der Waals surface area contributed by atoms with Crippen molar-refractivity contribution >= 4 is 11.8 Å². The van der Waals surface area contributed by atoms with E-state index in [0.717, 1.165) is 23.6 Å². The maximum Gasteiger partial charge on any atom is 0.231 e. The van der Waals surface area contributed by atoms with Crippen LogP contribution in [0.25, 0.3) is 0 Å². The Kier molecular flexibility index (Phi) is 7.19. The second kappa shape index (κ2) is 9.18. The molecule has 0 saturated heterocycles. The Morgan fingerprint density at radius 2 is 2.00 bits per heavy atom. The fraction of sp³-hybridized carbons (Fsp3) is 0.625. The number of hydrogen-bond donors (Lipinski definition) is 2.